The molecule has 0 saturated carbocycles. The lowest BCUT2D eigenvalue weighted by atomic mass is 10.0. The van der Waals surface area contributed by atoms with E-state index < -0.39 is 0 Å². The van der Waals surface area contributed by atoms with Crippen LogP contribution in [0.15, 0.2) is 35.3 Å². The van der Waals surface area contributed by atoms with Crippen LogP contribution in [0.1, 0.15) is 23.6 Å². The molecule has 148 valence electrons. The zero-order chi connectivity index (χ0) is 20.3. The van der Waals surface area contributed by atoms with Crippen LogP contribution in [-0.4, -0.2) is 23.7 Å². The van der Waals surface area contributed by atoms with Crippen molar-refractivity contribution in [2.24, 2.45) is 4.99 Å². The monoisotopic (exact) mass is 436 g/mol. The number of benzene rings is 2. The van der Waals surface area contributed by atoms with Crippen molar-refractivity contribution in [3.8, 4) is 0 Å². The highest BCUT2D eigenvalue weighted by Gasteiger charge is 2.14. The van der Waals surface area contributed by atoms with Gasteiger partial charge in [0.2, 0.25) is 0 Å². The van der Waals surface area contributed by atoms with Crippen LogP contribution in [0, 0.1) is 13.8 Å². The minimum atomic E-state index is -0.197. The van der Waals surface area contributed by atoms with Crippen molar-refractivity contribution >= 4 is 50.7 Å². The molecule has 4 nitrogen and oxygen atoms in total. The van der Waals surface area contributed by atoms with Crippen molar-refractivity contribution in [3.63, 3.8) is 0 Å². The molecule has 1 amide bonds. The van der Waals surface area contributed by atoms with Crippen molar-refractivity contribution in [3.05, 3.63) is 61.9 Å². The average molecular weight is 437 g/mol. The first-order valence-electron chi connectivity index (χ1n) is 9.09. The second-order valence-electron chi connectivity index (χ2n) is 6.55. The van der Waals surface area contributed by atoms with Crippen LogP contribution in [0.5, 0.6) is 0 Å². The number of aryl methyl sites for hydroxylation is 2. The van der Waals surface area contributed by atoms with Crippen molar-refractivity contribution in [2.45, 2.75) is 33.7 Å². The minimum Gasteiger partial charge on any atom is -0.380 e. The van der Waals surface area contributed by atoms with Gasteiger partial charge in [-0.05, 0) is 44.0 Å². The van der Waals surface area contributed by atoms with Crippen molar-refractivity contribution in [2.75, 3.05) is 13.2 Å². The molecule has 0 aliphatic heterocycles. The van der Waals surface area contributed by atoms with E-state index >= 15 is 0 Å². The van der Waals surface area contributed by atoms with Crippen LogP contribution in [0.4, 0.5) is 0 Å². The van der Waals surface area contributed by atoms with E-state index in [-0.39, 0.29) is 12.3 Å². The molecule has 2 aromatic carbocycles. The molecule has 0 fully saturated rings. The Kier molecular flexibility index (Phi) is 6.94. The van der Waals surface area contributed by atoms with Gasteiger partial charge in [-0.15, -0.1) is 0 Å². The van der Waals surface area contributed by atoms with E-state index in [2.05, 4.69) is 4.99 Å². The Labute approximate surface area is 178 Å². The largest absolute Gasteiger partial charge is 0.380 e. The molecule has 0 bridgehead atoms. The summed E-state index contributed by atoms with van der Waals surface area (Å²) < 4.78 is 8.24. The lowest BCUT2D eigenvalue weighted by Gasteiger charge is -2.07. The molecule has 0 aliphatic carbocycles. The van der Waals surface area contributed by atoms with Gasteiger partial charge in [-0.3, -0.25) is 4.79 Å². The van der Waals surface area contributed by atoms with Crippen LogP contribution < -0.4 is 4.80 Å². The first-order chi connectivity index (χ1) is 13.4. The fourth-order valence-electron chi connectivity index (χ4n) is 3.00. The van der Waals surface area contributed by atoms with E-state index in [0.717, 1.165) is 26.9 Å². The molecule has 3 rings (SSSR count). The molecule has 0 aliphatic rings. The van der Waals surface area contributed by atoms with Gasteiger partial charge in [0.05, 0.1) is 33.3 Å². The lowest BCUT2D eigenvalue weighted by molar-refractivity contribution is -0.117. The molecule has 0 atom stereocenters. The van der Waals surface area contributed by atoms with Gasteiger partial charge in [0.15, 0.2) is 4.80 Å². The second kappa shape index (κ2) is 9.23. The third-order valence-corrected chi connectivity index (χ3v) is 6.30. The minimum absolute atomic E-state index is 0.197. The van der Waals surface area contributed by atoms with Gasteiger partial charge in [-0.1, -0.05) is 58.3 Å². The standard InChI is InChI=1S/C21H22Cl2N2O2S/c1-4-27-10-9-25-19-16(22)7-8-17(23)20(19)28-21(25)24-18(26)12-15-11-13(2)5-6-14(15)3/h5-8,11H,4,9-10,12H2,1-3H3. The van der Waals surface area contributed by atoms with E-state index in [4.69, 9.17) is 27.9 Å². The summed E-state index contributed by atoms with van der Waals surface area (Å²) in [6.45, 7) is 7.63. The second-order valence-corrected chi connectivity index (χ2v) is 8.34. The van der Waals surface area contributed by atoms with Gasteiger partial charge in [0.1, 0.15) is 0 Å². The number of hydrogen-bond acceptors (Lipinski definition) is 3. The summed E-state index contributed by atoms with van der Waals surface area (Å²) in [5, 5.41) is 1.17. The number of rotatable bonds is 6. The molecule has 0 spiro atoms. The fourth-order valence-corrected chi connectivity index (χ4v) is 4.69. The Bertz CT molecular complexity index is 1090. The van der Waals surface area contributed by atoms with E-state index in [1.807, 2.05) is 43.5 Å². The molecule has 0 radical (unpaired) electrons. The quantitative estimate of drug-likeness (QED) is 0.489. The Morgan fingerprint density at radius 3 is 2.68 bits per heavy atom. The van der Waals surface area contributed by atoms with Crippen LogP contribution in [-0.2, 0) is 22.5 Å². The Morgan fingerprint density at radius 1 is 1.18 bits per heavy atom. The molecule has 28 heavy (non-hydrogen) atoms. The van der Waals surface area contributed by atoms with Crippen molar-refractivity contribution < 1.29 is 9.53 Å². The number of carbonyl (C=O) groups is 1. The Morgan fingerprint density at radius 2 is 1.93 bits per heavy atom. The predicted molar refractivity (Wildman–Crippen MR) is 117 cm³/mol. The summed E-state index contributed by atoms with van der Waals surface area (Å²) in [7, 11) is 0. The summed E-state index contributed by atoms with van der Waals surface area (Å²) in [6.07, 6.45) is 0.259. The molecular weight excluding hydrogens is 415 g/mol. The molecule has 0 N–H and O–H groups in total. The number of nitrogens with zero attached hydrogens (tertiary/aromatic N) is 2. The highest BCUT2D eigenvalue weighted by atomic mass is 35.5. The number of ether oxygens (including phenoxy) is 1. The summed E-state index contributed by atoms with van der Waals surface area (Å²) in [5.74, 6) is -0.197. The number of aromatic nitrogens is 1. The van der Waals surface area contributed by atoms with Gasteiger partial charge in [-0.25, -0.2) is 0 Å². The van der Waals surface area contributed by atoms with Crippen LogP contribution >= 0.6 is 34.5 Å². The molecule has 7 heteroatoms. The van der Waals surface area contributed by atoms with Gasteiger partial charge in [0.25, 0.3) is 5.91 Å². The number of fused-ring (bicyclic) bond motifs is 1. The SMILES string of the molecule is CCOCCn1c(=NC(=O)Cc2cc(C)ccc2C)sc2c(Cl)ccc(Cl)c21. The molecule has 3 aromatic rings. The summed E-state index contributed by atoms with van der Waals surface area (Å²) in [6, 6.07) is 9.62. The summed E-state index contributed by atoms with van der Waals surface area (Å²) in [4.78, 5) is 17.7. The van der Waals surface area contributed by atoms with E-state index in [1.54, 1.807) is 12.1 Å². The van der Waals surface area contributed by atoms with Crippen molar-refractivity contribution in [1.82, 2.24) is 4.57 Å². The third kappa shape index (κ3) is 4.66. The maximum atomic E-state index is 12.7. The first-order valence-corrected chi connectivity index (χ1v) is 10.7. The van der Waals surface area contributed by atoms with E-state index in [0.29, 0.717) is 34.6 Å². The molecular formula is C21H22Cl2N2O2S. The lowest BCUT2D eigenvalue weighted by Crippen LogP contribution is -2.20. The van der Waals surface area contributed by atoms with E-state index in [1.165, 1.54) is 11.3 Å². The zero-order valence-corrected chi connectivity index (χ0v) is 18.4. The maximum absolute atomic E-state index is 12.7. The number of thiazole rings is 1. The number of halogens is 2. The molecule has 1 heterocycles. The topological polar surface area (TPSA) is 43.6 Å². The number of amides is 1. The van der Waals surface area contributed by atoms with Crippen molar-refractivity contribution in [1.29, 1.82) is 0 Å². The molecule has 1 aromatic heterocycles. The van der Waals surface area contributed by atoms with Crippen LogP contribution in [0.3, 0.4) is 0 Å². The predicted octanol–water partition coefficient (Wildman–Crippen LogP) is 5.33. The van der Waals surface area contributed by atoms with Gasteiger partial charge in [0, 0.05) is 13.2 Å². The summed E-state index contributed by atoms with van der Waals surface area (Å²) in [5.41, 5.74) is 3.99. The summed E-state index contributed by atoms with van der Waals surface area (Å²) >= 11 is 14.2. The third-order valence-electron chi connectivity index (χ3n) is 4.46. The fraction of sp³-hybridized carbons (Fsp3) is 0.333. The molecule has 0 unspecified atom stereocenters. The highest BCUT2D eigenvalue weighted by molar-refractivity contribution is 7.17. The Balaban J connectivity index is 2.03. The smallest absolute Gasteiger partial charge is 0.252 e. The number of hydrogen-bond donors (Lipinski definition) is 0. The van der Waals surface area contributed by atoms with Gasteiger partial charge in [-0.2, -0.15) is 4.99 Å². The maximum Gasteiger partial charge on any atom is 0.252 e. The zero-order valence-electron chi connectivity index (χ0n) is 16.1. The number of carbonyl (C=O) groups excluding carboxylic acids is 1. The first kappa shape index (κ1) is 21.1. The highest BCUT2D eigenvalue weighted by Crippen LogP contribution is 2.31. The molecule has 0 saturated heterocycles. The van der Waals surface area contributed by atoms with Gasteiger partial charge >= 0.3 is 0 Å². The Hall–Kier alpha value is -1.66. The van der Waals surface area contributed by atoms with Crippen LogP contribution in [0.2, 0.25) is 10.0 Å². The normalized spacial score (nSPS) is 12.1. The van der Waals surface area contributed by atoms with Crippen LogP contribution in [0.25, 0.3) is 10.2 Å². The van der Waals surface area contributed by atoms with Gasteiger partial charge < -0.3 is 9.30 Å². The van der Waals surface area contributed by atoms with E-state index in [9.17, 15) is 4.79 Å². The average Bonchev–Trinajstić information content (AvgIpc) is 3.01.